The monoisotopic (exact) mass is 196 g/mol. The zero-order valence-electron chi connectivity index (χ0n) is 5.07. The molecule has 2 atom stereocenters. The highest BCUT2D eigenvalue weighted by atomic mass is 31.1. The van der Waals surface area contributed by atoms with E-state index in [2.05, 4.69) is 29.9 Å². The number of hydrogen-bond donors (Lipinski definition) is 1. The first-order valence-corrected chi connectivity index (χ1v) is 4.51. The molecule has 7 heteroatoms. The van der Waals surface area contributed by atoms with Gasteiger partial charge in [0, 0.05) is 6.08 Å². The molecule has 0 aromatic carbocycles. The van der Waals surface area contributed by atoms with E-state index in [1.54, 1.807) is 0 Å². The standard InChI is InChI=1S/C3H7N2O2P3/c1-2-3(6)7-10-5-9-4-8/h2,10H,1,8H2,(H,4,5). The summed E-state index contributed by atoms with van der Waals surface area (Å²) in [5, 5.41) is 0. The summed E-state index contributed by atoms with van der Waals surface area (Å²) in [6.45, 7) is 3.23. The third kappa shape index (κ3) is 6.25. The molecule has 0 aromatic rings. The van der Waals surface area contributed by atoms with Crippen molar-refractivity contribution in [3.05, 3.63) is 12.7 Å². The summed E-state index contributed by atoms with van der Waals surface area (Å²) in [6, 6.07) is 0. The Morgan fingerprint density at radius 1 is 2.00 bits per heavy atom. The molecule has 2 unspecified atom stereocenters. The van der Waals surface area contributed by atoms with Gasteiger partial charge in [-0.3, -0.25) is 0 Å². The molecule has 0 spiro atoms. The minimum atomic E-state index is -0.426. The molecule has 0 aliphatic carbocycles. The number of nitrogens with zero attached hydrogens (tertiary/aromatic N) is 1. The Bertz CT molecular complexity index is 149. The van der Waals surface area contributed by atoms with Gasteiger partial charge in [0.05, 0.1) is 0 Å². The molecule has 0 radical (unpaired) electrons. The number of hydrogen-bond acceptors (Lipinski definition) is 3. The SMILES string of the molecule is C=CC(=O)OPNP=NP. The Balaban J connectivity index is 3.19. The van der Waals surface area contributed by atoms with Crippen molar-refractivity contribution >= 4 is 32.8 Å². The topological polar surface area (TPSA) is 50.7 Å². The Morgan fingerprint density at radius 2 is 2.70 bits per heavy atom. The van der Waals surface area contributed by atoms with Crippen molar-refractivity contribution < 1.29 is 9.32 Å². The van der Waals surface area contributed by atoms with Crippen LogP contribution in [0.15, 0.2) is 17.2 Å². The van der Waals surface area contributed by atoms with Crippen LogP contribution in [-0.2, 0) is 9.32 Å². The molecule has 4 nitrogen and oxygen atoms in total. The van der Waals surface area contributed by atoms with Crippen LogP contribution in [0.25, 0.3) is 0 Å². The van der Waals surface area contributed by atoms with Crippen molar-refractivity contribution in [1.29, 1.82) is 0 Å². The van der Waals surface area contributed by atoms with Crippen molar-refractivity contribution in [3.63, 3.8) is 0 Å². The van der Waals surface area contributed by atoms with Crippen LogP contribution in [0, 0.1) is 0 Å². The summed E-state index contributed by atoms with van der Waals surface area (Å²) in [5.41, 5.74) is 0. The maximum absolute atomic E-state index is 10.4. The summed E-state index contributed by atoms with van der Waals surface area (Å²) < 4.78 is 8.20. The molecule has 0 saturated carbocycles. The second-order valence-electron chi connectivity index (χ2n) is 1.05. The molecule has 0 fully saturated rings. The van der Waals surface area contributed by atoms with Crippen LogP contribution in [0.5, 0.6) is 0 Å². The summed E-state index contributed by atoms with van der Waals surface area (Å²) in [6.07, 6.45) is 1.11. The maximum atomic E-state index is 10.4. The third-order valence-electron chi connectivity index (χ3n) is 0.472. The summed E-state index contributed by atoms with van der Waals surface area (Å²) in [4.78, 5) is 13.1. The average molecular weight is 196 g/mol. The summed E-state index contributed by atoms with van der Waals surface area (Å²) in [5.74, 6) is -0.426. The first kappa shape index (κ1) is 10.1. The normalized spacial score (nSPS) is 10.9. The zero-order chi connectivity index (χ0) is 7.82. The van der Waals surface area contributed by atoms with E-state index in [1.165, 1.54) is 0 Å². The van der Waals surface area contributed by atoms with Gasteiger partial charge in [-0.1, -0.05) is 6.58 Å². The molecule has 0 bridgehead atoms. The fourth-order valence-electron chi connectivity index (χ4n) is 0.164. The van der Waals surface area contributed by atoms with Gasteiger partial charge in [0.2, 0.25) is 0 Å². The molecule has 0 aromatic heterocycles. The largest absolute Gasteiger partial charge is 0.428 e. The van der Waals surface area contributed by atoms with E-state index >= 15 is 0 Å². The number of carbonyl (C=O) groups excluding carboxylic acids is 1. The van der Waals surface area contributed by atoms with Gasteiger partial charge >= 0.3 is 5.97 Å². The second-order valence-corrected chi connectivity index (χ2v) is 3.48. The molecular formula is C3H7N2O2P3. The Labute approximate surface area is 64.9 Å². The van der Waals surface area contributed by atoms with Gasteiger partial charge in [-0.25, -0.2) is 14.2 Å². The maximum Gasteiger partial charge on any atom is 0.333 e. The summed E-state index contributed by atoms with van der Waals surface area (Å²) in [7, 11) is 2.79. The van der Waals surface area contributed by atoms with Crippen molar-refractivity contribution in [2.45, 2.75) is 0 Å². The van der Waals surface area contributed by atoms with Gasteiger partial charge in [0.1, 0.15) is 8.52 Å². The highest BCUT2D eigenvalue weighted by molar-refractivity contribution is 7.46. The van der Waals surface area contributed by atoms with E-state index in [0.717, 1.165) is 6.08 Å². The third-order valence-corrected chi connectivity index (χ3v) is 2.00. The van der Waals surface area contributed by atoms with E-state index in [4.69, 9.17) is 0 Å². The van der Waals surface area contributed by atoms with Gasteiger partial charge in [0.25, 0.3) is 0 Å². The van der Waals surface area contributed by atoms with Gasteiger partial charge in [0.15, 0.2) is 8.96 Å². The number of nitrogens with one attached hydrogen (secondary N) is 1. The van der Waals surface area contributed by atoms with Gasteiger partial charge in [-0.2, -0.15) is 0 Å². The lowest BCUT2D eigenvalue weighted by molar-refractivity contribution is -0.128. The lowest BCUT2D eigenvalue weighted by Gasteiger charge is -1.95. The average Bonchev–Trinajstić information content (AvgIpc) is 1.98. The molecule has 56 valence electrons. The van der Waals surface area contributed by atoms with Gasteiger partial charge in [-0.05, 0) is 9.39 Å². The Kier molecular flexibility index (Phi) is 7.33. The van der Waals surface area contributed by atoms with Gasteiger partial charge in [-0.15, -0.1) is 0 Å². The highest BCUT2D eigenvalue weighted by Crippen LogP contribution is 2.13. The fourth-order valence-corrected chi connectivity index (χ4v) is 1.44. The predicted molar refractivity (Wildman–Crippen MR) is 46.8 cm³/mol. The number of rotatable bonds is 4. The van der Waals surface area contributed by atoms with Gasteiger partial charge < -0.3 is 4.52 Å². The van der Waals surface area contributed by atoms with Crippen LogP contribution in [0.2, 0.25) is 0 Å². The molecule has 0 aliphatic heterocycles. The molecular weight excluding hydrogens is 189 g/mol. The van der Waals surface area contributed by atoms with Crippen LogP contribution in [0.3, 0.4) is 0 Å². The molecule has 0 heterocycles. The first-order chi connectivity index (χ1) is 4.81. The first-order valence-electron chi connectivity index (χ1n) is 2.24. The Hall–Kier alpha value is 0.130. The summed E-state index contributed by atoms with van der Waals surface area (Å²) >= 11 is 0. The smallest absolute Gasteiger partial charge is 0.333 e. The molecule has 0 saturated heterocycles. The number of carbonyl (C=O) groups is 1. The van der Waals surface area contributed by atoms with Crippen molar-refractivity contribution in [2.75, 3.05) is 0 Å². The van der Waals surface area contributed by atoms with Crippen molar-refractivity contribution in [2.24, 2.45) is 4.52 Å². The lowest BCUT2D eigenvalue weighted by Crippen LogP contribution is -1.92. The zero-order valence-corrected chi connectivity index (χ0v) is 8.12. The van der Waals surface area contributed by atoms with Crippen LogP contribution >= 0.6 is 26.9 Å². The van der Waals surface area contributed by atoms with E-state index in [9.17, 15) is 4.79 Å². The Morgan fingerprint density at radius 3 is 3.20 bits per heavy atom. The van der Waals surface area contributed by atoms with Crippen LogP contribution in [-0.4, -0.2) is 5.97 Å². The second kappa shape index (κ2) is 7.24. The van der Waals surface area contributed by atoms with E-state index in [-0.39, 0.29) is 8.96 Å². The quantitative estimate of drug-likeness (QED) is 0.422. The van der Waals surface area contributed by atoms with E-state index in [1.807, 2.05) is 0 Å². The fraction of sp³-hybridized carbons (Fsp3) is 0. The van der Waals surface area contributed by atoms with Crippen molar-refractivity contribution in [1.82, 2.24) is 4.86 Å². The lowest BCUT2D eigenvalue weighted by atomic mass is 10.7. The van der Waals surface area contributed by atoms with E-state index < -0.39 is 5.97 Å². The van der Waals surface area contributed by atoms with Crippen LogP contribution in [0.4, 0.5) is 0 Å². The molecule has 0 amide bonds. The minimum absolute atomic E-state index is 0.0640. The highest BCUT2D eigenvalue weighted by Gasteiger charge is 1.91. The molecule has 0 rings (SSSR count). The minimum Gasteiger partial charge on any atom is -0.428 e. The predicted octanol–water partition coefficient (Wildman–Crippen LogP) is 1.65. The van der Waals surface area contributed by atoms with E-state index in [0.29, 0.717) is 8.52 Å². The molecule has 10 heavy (non-hydrogen) atoms. The molecule has 1 N–H and O–H groups in total. The van der Waals surface area contributed by atoms with Crippen LogP contribution < -0.4 is 4.86 Å². The van der Waals surface area contributed by atoms with Crippen LogP contribution in [0.1, 0.15) is 0 Å². The molecule has 0 aliphatic rings. The van der Waals surface area contributed by atoms with Crippen molar-refractivity contribution in [3.8, 4) is 0 Å².